The van der Waals surface area contributed by atoms with Crippen molar-refractivity contribution in [3.8, 4) is 0 Å². The van der Waals surface area contributed by atoms with E-state index >= 15 is 0 Å². The number of carbonyl (C=O) groups is 1. The molecule has 98 valence electrons. The number of nitrogens with two attached hydrogens (primary N) is 1. The molecular formula is C14H20N2O2. The SMILES string of the molecule is Cc1c(N)cccc1NC(=O)COC1CCCC1. The van der Waals surface area contributed by atoms with Crippen LogP contribution in [0, 0.1) is 6.92 Å². The molecule has 1 aliphatic carbocycles. The van der Waals surface area contributed by atoms with E-state index < -0.39 is 0 Å². The van der Waals surface area contributed by atoms with Crippen LogP contribution in [0.3, 0.4) is 0 Å². The van der Waals surface area contributed by atoms with Gasteiger partial charge in [-0.05, 0) is 37.5 Å². The van der Waals surface area contributed by atoms with Gasteiger partial charge in [-0.2, -0.15) is 0 Å². The van der Waals surface area contributed by atoms with Gasteiger partial charge in [-0.15, -0.1) is 0 Å². The molecule has 4 heteroatoms. The van der Waals surface area contributed by atoms with E-state index in [-0.39, 0.29) is 18.6 Å². The summed E-state index contributed by atoms with van der Waals surface area (Å²) in [6.07, 6.45) is 4.83. The van der Waals surface area contributed by atoms with Crippen LogP contribution in [-0.4, -0.2) is 18.6 Å². The molecule has 18 heavy (non-hydrogen) atoms. The van der Waals surface area contributed by atoms with Crippen molar-refractivity contribution >= 4 is 17.3 Å². The summed E-state index contributed by atoms with van der Waals surface area (Å²) in [7, 11) is 0. The van der Waals surface area contributed by atoms with Crippen molar-refractivity contribution in [2.45, 2.75) is 38.7 Å². The molecule has 1 aromatic rings. The standard InChI is InChI=1S/C14H20N2O2/c1-10-12(15)7-4-8-13(10)16-14(17)9-18-11-5-2-3-6-11/h4,7-8,11H,2-3,5-6,9,15H2,1H3,(H,16,17). The lowest BCUT2D eigenvalue weighted by Crippen LogP contribution is -2.22. The second-order valence-corrected chi connectivity index (χ2v) is 4.79. The summed E-state index contributed by atoms with van der Waals surface area (Å²) in [5.74, 6) is -0.115. The second kappa shape index (κ2) is 5.87. The number of rotatable bonds is 4. The second-order valence-electron chi connectivity index (χ2n) is 4.79. The Morgan fingerprint density at radius 2 is 2.17 bits per heavy atom. The van der Waals surface area contributed by atoms with Crippen molar-refractivity contribution in [2.75, 3.05) is 17.7 Å². The van der Waals surface area contributed by atoms with E-state index in [2.05, 4.69) is 5.32 Å². The highest BCUT2D eigenvalue weighted by Crippen LogP contribution is 2.22. The molecule has 0 atom stereocenters. The van der Waals surface area contributed by atoms with E-state index in [1.165, 1.54) is 12.8 Å². The van der Waals surface area contributed by atoms with Crippen LogP contribution >= 0.6 is 0 Å². The minimum Gasteiger partial charge on any atom is -0.398 e. The van der Waals surface area contributed by atoms with E-state index in [9.17, 15) is 4.79 Å². The Bertz CT molecular complexity index is 426. The van der Waals surface area contributed by atoms with Gasteiger partial charge in [0.25, 0.3) is 0 Å². The molecule has 0 spiro atoms. The summed E-state index contributed by atoms with van der Waals surface area (Å²) in [6, 6.07) is 5.49. The fourth-order valence-corrected chi connectivity index (χ4v) is 2.22. The summed E-state index contributed by atoms with van der Waals surface area (Å²) in [5, 5.41) is 2.83. The smallest absolute Gasteiger partial charge is 0.250 e. The first kappa shape index (κ1) is 12.9. The van der Waals surface area contributed by atoms with Crippen LogP contribution < -0.4 is 11.1 Å². The molecule has 0 radical (unpaired) electrons. The third-order valence-corrected chi connectivity index (χ3v) is 3.40. The molecule has 2 rings (SSSR count). The van der Waals surface area contributed by atoms with Gasteiger partial charge in [0.05, 0.1) is 6.10 Å². The Hall–Kier alpha value is -1.55. The Kier molecular flexibility index (Phi) is 4.20. The van der Waals surface area contributed by atoms with Crippen molar-refractivity contribution in [3.05, 3.63) is 23.8 Å². The molecular weight excluding hydrogens is 228 g/mol. The lowest BCUT2D eigenvalue weighted by atomic mass is 10.1. The van der Waals surface area contributed by atoms with E-state index in [4.69, 9.17) is 10.5 Å². The van der Waals surface area contributed by atoms with Crippen molar-refractivity contribution in [1.82, 2.24) is 0 Å². The number of hydrogen-bond donors (Lipinski definition) is 2. The zero-order valence-electron chi connectivity index (χ0n) is 10.7. The first-order valence-corrected chi connectivity index (χ1v) is 6.43. The maximum absolute atomic E-state index is 11.8. The van der Waals surface area contributed by atoms with Gasteiger partial charge in [-0.25, -0.2) is 0 Å². The predicted octanol–water partition coefficient (Wildman–Crippen LogP) is 2.47. The van der Waals surface area contributed by atoms with E-state index in [0.29, 0.717) is 5.69 Å². The molecule has 1 aromatic carbocycles. The molecule has 0 bridgehead atoms. The Balaban J connectivity index is 1.84. The van der Waals surface area contributed by atoms with Gasteiger partial charge in [0.2, 0.25) is 5.91 Å². The average molecular weight is 248 g/mol. The zero-order valence-corrected chi connectivity index (χ0v) is 10.7. The van der Waals surface area contributed by atoms with E-state index in [0.717, 1.165) is 24.1 Å². The third-order valence-electron chi connectivity index (χ3n) is 3.40. The number of amides is 1. The summed E-state index contributed by atoms with van der Waals surface area (Å²) >= 11 is 0. The predicted molar refractivity (Wildman–Crippen MR) is 72.4 cm³/mol. The van der Waals surface area contributed by atoms with Gasteiger partial charge in [-0.1, -0.05) is 18.9 Å². The molecule has 1 saturated carbocycles. The number of nitrogen functional groups attached to an aromatic ring is 1. The van der Waals surface area contributed by atoms with Crippen LogP contribution in [0.15, 0.2) is 18.2 Å². The Morgan fingerprint density at radius 1 is 1.44 bits per heavy atom. The van der Waals surface area contributed by atoms with Crippen LogP contribution in [0.4, 0.5) is 11.4 Å². The largest absolute Gasteiger partial charge is 0.398 e. The number of nitrogens with one attached hydrogen (secondary N) is 1. The van der Waals surface area contributed by atoms with Gasteiger partial charge in [0, 0.05) is 11.4 Å². The van der Waals surface area contributed by atoms with E-state index in [1.54, 1.807) is 0 Å². The number of hydrogen-bond acceptors (Lipinski definition) is 3. The zero-order chi connectivity index (χ0) is 13.0. The van der Waals surface area contributed by atoms with Crippen molar-refractivity contribution in [3.63, 3.8) is 0 Å². The molecule has 0 aliphatic heterocycles. The molecule has 1 fully saturated rings. The first-order chi connectivity index (χ1) is 8.66. The van der Waals surface area contributed by atoms with Crippen molar-refractivity contribution in [2.24, 2.45) is 0 Å². The molecule has 1 amide bonds. The van der Waals surface area contributed by atoms with Crippen LogP contribution in [-0.2, 0) is 9.53 Å². The quantitative estimate of drug-likeness (QED) is 0.804. The van der Waals surface area contributed by atoms with Crippen molar-refractivity contribution in [1.29, 1.82) is 0 Å². The maximum atomic E-state index is 11.8. The number of anilines is 2. The fraction of sp³-hybridized carbons (Fsp3) is 0.500. The molecule has 0 unspecified atom stereocenters. The summed E-state index contributed by atoms with van der Waals surface area (Å²) < 4.78 is 5.56. The number of benzene rings is 1. The van der Waals surface area contributed by atoms with Gasteiger partial charge in [-0.3, -0.25) is 4.79 Å². The highest BCUT2D eigenvalue weighted by molar-refractivity contribution is 5.93. The minimum absolute atomic E-state index is 0.115. The molecule has 0 saturated heterocycles. The summed E-state index contributed by atoms with van der Waals surface area (Å²) in [4.78, 5) is 11.8. The fourth-order valence-electron chi connectivity index (χ4n) is 2.22. The molecule has 3 N–H and O–H groups in total. The highest BCUT2D eigenvalue weighted by atomic mass is 16.5. The molecule has 1 aliphatic rings. The van der Waals surface area contributed by atoms with Gasteiger partial charge in [0.15, 0.2) is 0 Å². The first-order valence-electron chi connectivity index (χ1n) is 6.43. The molecule has 0 aromatic heterocycles. The molecule has 0 heterocycles. The van der Waals surface area contributed by atoms with Gasteiger partial charge >= 0.3 is 0 Å². The van der Waals surface area contributed by atoms with Crippen LogP contribution in [0.2, 0.25) is 0 Å². The average Bonchev–Trinajstić information content (AvgIpc) is 2.86. The third kappa shape index (κ3) is 3.23. The lowest BCUT2D eigenvalue weighted by Gasteiger charge is -2.13. The topological polar surface area (TPSA) is 64.3 Å². The Morgan fingerprint density at radius 3 is 2.89 bits per heavy atom. The maximum Gasteiger partial charge on any atom is 0.250 e. The number of ether oxygens (including phenoxy) is 1. The van der Waals surface area contributed by atoms with Gasteiger partial charge < -0.3 is 15.8 Å². The normalized spacial score (nSPS) is 15.8. The Labute approximate surface area is 108 Å². The van der Waals surface area contributed by atoms with Crippen LogP contribution in [0.5, 0.6) is 0 Å². The minimum atomic E-state index is -0.115. The summed E-state index contributed by atoms with van der Waals surface area (Å²) in [6.45, 7) is 2.02. The molecule has 4 nitrogen and oxygen atoms in total. The monoisotopic (exact) mass is 248 g/mol. The van der Waals surface area contributed by atoms with Crippen LogP contribution in [0.1, 0.15) is 31.2 Å². The lowest BCUT2D eigenvalue weighted by molar-refractivity contribution is -0.122. The van der Waals surface area contributed by atoms with Gasteiger partial charge in [0.1, 0.15) is 6.61 Å². The van der Waals surface area contributed by atoms with Crippen LogP contribution in [0.25, 0.3) is 0 Å². The van der Waals surface area contributed by atoms with Crippen molar-refractivity contribution < 1.29 is 9.53 Å². The number of carbonyl (C=O) groups excluding carboxylic acids is 1. The summed E-state index contributed by atoms with van der Waals surface area (Å²) in [5.41, 5.74) is 8.13. The highest BCUT2D eigenvalue weighted by Gasteiger charge is 2.16. The van der Waals surface area contributed by atoms with E-state index in [1.807, 2.05) is 25.1 Å².